The van der Waals surface area contributed by atoms with E-state index in [1.165, 1.54) is 23.5 Å². The first-order chi connectivity index (χ1) is 17.8. The maximum absolute atomic E-state index is 13.5. The summed E-state index contributed by atoms with van der Waals surface area (Å²) in [7, 11) is -4.03. The molecule has 0 fully saturated rings. The van der Waals surface area contributed by atoms with Gasteiger partial charge in [-0.2, -0.15) is 0 Å². The molecule has 8 nitrogen and oxygen atoms in total. The summed E-state index contributed by atoms with van der Waals surface area (Å²) in [6.45, 7) is 3.78. The van der Waals surface area contributed by atoms with Crippen molar-refractivity contribution in [2.45, 2.75) is 23.1 Å². The van der Waals surface area contributed by atoms with Crippen LogP contribution in [-0.2, 0) is 14.8 Å². The Morgan fingerprint density at radius 2 is 1.57 bits per heavy atom. The minimum Gasteiger partial charge on any atom is -0.457 e. The third-order valence-electron chi connectivity index (χ3n) is 4.91. The summed E-state index contributed by atoms with van der Waals surface area (Å²) in [4.78, 5) is 13.0. The number of carbonyl (C=O) groups excluding carboxylic acids is 1. The van der Waals surface area contributed by atoms with Crippen molar-refractivity contribution in [2.24, 2.45) is 5.92 Å². The first kappa shape index (κ1) is 26.6. The molecule has 1 N–H and O–H groups in total. The minimum absolute atomic E-state index is 0.0794. The SMILES string of the molecule is CC(C)CSc1nnc(NC(=O)CN(c2ccc(Oc3ccccc3)cc2)S(=O)(=O)c2ccccc2)s1. The Morgan fingerprint density at radius 3 is 2.22 bits per heavy atom. The summed E-state index contributed by atoms with van der Waals surface area (Å²) in [5.74, 6) is 2.05. The molecule has 0 radical (unpaired) electrons. The molecule has 0 atom stereocenters. The highest BCUT2D eigenvalue weighted by molar-refractivity contribution is 8.01. The van der Waals surface area contributed by atoms with Crippen LogP contribution in [-0.4, -0.2) is 36.8 Å². The van der Waals surface area contributed by atoms with E-state index in [2.05, 4.69) is 29.4 Å². The van der Waals surface area contributed by atoms with Gasteiger partial charge in [-0.25, -0.2) is 8.42 Å². The topological polar surface area (TPSA) is 101 Å². The number of rotatable bonds is 11. The van der Waals surface area contributed by atoms with Gasteiger partial charge in [0.2, 0.25) is 11.0 Å². The molecule has 0 aliphatic heterocycles. The zero-order valence-electron chi connectivity index (χ0n) is 20.3. The maximum atomic E-state index is 13.5. The standard InChI is InChI=1S/C26H26N4O4S3/c1-19(2)18-35-26-29-28-25(36-26)27-24(31)17-30(37(32,33)23-11-7-4-8-12-23)20-13-15-22(16-14-20)34-21-9-5-3-6-10-21/h3-16,19H,17-18H2,1-2H3,(H,27,28,31). The summed E-state index contributed by atoms with van der Waals surface area (Å²) in [6.07, 6.45) is 0. The first-order valence-electron chi connectivity index (χ1n) is 11.5. The number of nitrogens with zero attached hydrogens (tertiary/aromatic N) is 3. The molecule has 1 heterocycles. The molecule has 0 unspecified atom stereocenters. The summed E-state index contributed by atoms with van der Waals surface area (Å²) in [5.41, 5.74) is 0.324. The molecule has 37 heavy (non-hydrogen) atoms. The molecule has 0 saturated carbocycles. The van der Waals surface area contributed by atoms with E-state index in [9.17, 15) is 13.2 Å². The number of benzene rings is 3. The number of hydrogen-bond acceptors (Lipinski definition) is 8. The fourth-order valence-corrected chi connectivity index (χ4v) is 6.37. The number of carbonyl (C=O) groups is 1. The molecule has 0 bridgehead atoms. The number of hydrogen-bond donors (Lipinski definition) is 1. The molecule has 11 heteroatoms. The predicted octanol–water partition coefficient (Wildman–Crippen LogP) is 5.91. The van der Waals surface area contributed by atoms with Crippen LogP contribution in [0, 0.1) is 5.92 Å². The lowest BCUT2D eigenvalue weighted by atomic mass is 10.3. The number of sulfonamides is 1. The minimum atomic E-state index is -4.03. The highest BCUT2D eigenvalue weighted by Crippen LogP contribution is 2.29. The Hall–Kier alpha value is -3.41. The Morgan fingerprint density at radius 1 is 0.946 bits per heavy atom. The van der Waals surface area contributed by atoms with Crippen molar-refractivity contribution < 1.29 is 17.9 Å². The van der Waals surface area contributed by atoms with Gasteiger partial charge in [-0.15, -0.1) is 10.2 Å². The molecular formula is C26H26N4O4S3. The van der Waals surface area contributed by atoms with Gasteiger partial charge in [0, 0.05) is 5.75 Å². The Labute approximate surface area is 224 Å². The molecule has 0 saturated heterocycles. The summed E-state index contributed by atoms with van der Waals surface area (Å²) in [5, 5.41) is 11.1. The molecular weight excluding hydrogens is 529 g/mol. The molecule has 1 aromatic heterocycles. The van der Waals surface area contributed by atoms with E-state index < -0.39 is 22.5 Å². The van der Waals surface area contributed by atoms with E-state index in [1.807, 2.05) is 30.3 Å². The monoisotopic (exact) mass is 554 g/mol. The van der Waals surface area contributed by atoms with Crippen LogP contribution in [0.4, 0.5) is 10.8 Å². The summed E-state index contributed by atoms with van der Waals surface area (Å²) < 4.78 is 34.7. The van der Waals surface area contributed by atoms with Crippen LogP contribution >= 0.6 is 23.1 Å². The molecule has 4 aromatic rings. The number of ether oxygens (including phenoxy) is 1. The number of aromatic nitrogens is 2. The van der Waals surface area contributed by atoms with Crippen molar-refractivity contribution in [2.75, 3.05) is 21.9 Å². The Bertz CT molecular complexity index is 1410. The van der Waals surface area contributed by atoms with Gasteiger partial charge in [0.25, 0.3) is 10.0 Å². The van der Waals surface area contributed by atoms with Crippen LogP contribution in [0.3, 0.4) is 0 Å². The summed E-state index contributed by atoms with van der Waals surface area (Å²) >= 11 is 2.82. The number of amides is 1. The molecule has 192 valence electrons. The lowest BCUT2D eigenvalue weighted by Crippen LogP contribution is -2.38. The van der Waals surface area contributed by atoms with Crippen LogP contribution in [0.5, 0.6) is 11.5 Å². The quantitative estimate of drug-likeness (QED) is 0.182. The normalized spacial score (nSPS) is 11.3. The highest BCUT2D eigenvalue weighted by Gasteiger charge is 2.27. The van der Waals surface area contributed by atoms with Gasteiger partial charge < -0.3 is 4.74 Å². The number of anilines is 2. The number of thioether (sulfide) groups is 1. The first-order valence-corrected chi connectivity index (χ1v) is 14.7. The predicted molar refractivity (Wildman–Crippen MR) is 148 cm³/mol. The van der Waals surface area contributed by atoms with Gasteiger partial charge in [-0.1, -0.05) is 73.3 Å². The molecule has 0 aliphatic rings. The van der Waals surface area contributed by atoms with Crippen molar-refractivity contribution in [1.82, 2.24) is 10.2 Å². The lowest BCUT2D eigenvalue weighted by Gasteiger charge is -2.24. The van der Waals surface area contributed by atoms with Crippen molar-refractivity contribution >= 4 is 49.8 Å². The van der Waals surface area contributed by atoms with Gasteiger partial charge in [0.15, 0.2) is 4.34 Å². The largest absolute Gasteiger partial charge is 0.457 e. The third-order valence-corrected chi connectivity index (χ3v) is 9.10. The molecule has 0 aliphatic carbocycles. The number of para-hydroxylation sites is 1. The third kappa shape index (κ3) is 7.31. The molecule has 4 rings (SSSR count). The van der Waals surface area contributed by atoms with E-state index in [-0.39, 0.29) is 4.90 Å². The lowest BCUT2D eigenvalue weighted by molar-refractivity contribution is -0.114. The van der Waals surface area contributed by atoms with Crippen LogP contribution in [0.2, 0.25) is 0 Å². The fourth-order valence-electron chi connectivity index (χ4n) is 3.19. The van der Waals surface area contributed by atoms with Gasteiger partial charge in [-0.05, 0) is 54.4 Å². The van der Waals surface area contributed by atoms with E-state index in [0.717, 1.165) is 14.4 Å². The Kier molecular flexibility index (Phi) is 8.80. The van der Waals surface area contributed by atoms with E-state index in [0.29, 0.717) is 28.2 Å². The van der Waals surface area contributed by atoms with Gasteiger partial charge in [0.05, 0.1) is 10.6 Å². The average Bonchev–Trinajstić information content (AvgIpc) is 3.35. The highest BCUT2D eigenvalue weighted by atomic mass is 32.2. The fraction of sp³-hybridized carbons (Fsp3) is 0.192. The number of nitrogens with one attached hydrogen (secondary N) is 1. The van der Waals surface area contributed by atoms with E-state index in [1.54, 1.807) is 54.2 Å². The zero-order valence-corrected chi connectivity index (χ0v) is 22.7. The van der Waals surface area contributed by atoms with Gasteiger partial charge >= 0.3 is 0 Å². The van der Waals surface area contributed by atoms with Crippen molar-refractivity contribution in [3.63, 3.8) is 0 Å². The molecule has 3 aromatic carbocycles. The van der Waals surface area contributed by atoms with E-state index in [4.69, 9.17) is 4.74 Å². The average molecular weight is 555 g/mol. The zero-order chi connectivity index (χ0) is 26.3. The maximum Gasteiger partial charge on any atom is 0.264 e. The summed E-state index contributed by atoms with van der Waals surface area (Å²) in [6, 6.07) is 23.8. The molecule has 1 amide bonds. The second-order valence-electron chi connectivity index (χ2n) is 8.36. The van der Waals surface area contributed by atoms with Crippen LogP contribution in [0.1, 0.15) is 13.8 Å². The second kappa shape index (κ2) is 12.2. The van der Waals surface area contributed by atoms with Crippen LogP contribution < -0.4 is 14.4 Å². The van der Waals surface area contributed by atoms with E-state index >= 15 is 0 Å². The smallest absolute Gasteiger partial charge is 0.264 e. The van der Waals surface area contributed by atoms with Crippen molar-refractivity contribution in [3.05, 3.63) is 84.9 Å². The molecule has 0 spiro atoms. The van der Waals surface area contributed by atoms with Crippen molar-refractivity contribution in [3.8, 4) is 11.5 Å². The van der Waals surface area contributed by atoms with Crippen molar-refractivity contribution in [1.29, 1.82) is 0 Å². The van der Waals surface area contributed by atoms with Gasteiger partial charge in [0.1, 0.15) is 18.0 Å². The Balaban J connectivity index is 1.54. The van der Waals surface area contributed by atoms with Crippen LogP contribution in [0.15, 0.2) is 94.2 Å². The van der Waals surface area contributed by atoms with Crippen LogP contribution in [0.25, 0.3) is 0 Å². The second-order valence-corrected chi connectivity index (χ2v) is 12.5. The van der Waals surface area contributed by atoms with Gasteiger partial charge in [-0.3, -0.25) is 14.4 Å².